The molecule has 0 bridgehead atoms. The molecular weight excluding hydrogens is 466 g/mol. The van der Waals surface area contributed by atoms with Crippen LogP contribution in [0.2, 0.25) is 5.02 Å². The van der Waals surface area contributed by atoms with E-state index in [9.17, 15) is 9.59 Å². The quantitative estimate of drug-likeness (QED) is 0.371. The standard InChI is InChI=1S/C26H24ClN5O3/c1-15-9-24(33)32(26(15)34)13-17-11-28-12-21(27)20(17)14-35-23-6-4-5-18-19(10-16(2)30-25(18)23)22-7-8-29-31(22)3/h4-8,10-12,15H,9,13-14H2,1-3H3. The molecule has 1 aliphatic heterocycles. The first-order valence-electron chi connectivity index (χ1n) is 11.3. The Morgan fingerprint density at radius 3 is 2.74 bits per heavy atom. The van der Waals surface area contributed by atoms with Crippen LogP contribution in [0.15, 0.2) is 48.9 Å². The van der Waals surface area contributed by atoms with Crippen molar-refractivity contribution >= 4 is 34.3 Å². The second kappa shape index (κ2) is 9.11. The summed E-state index contributed by atoms with van der Waals surface area (Å²) in [5.41, 5.74) is 4.93. The molecule has 1 aromatic carbocycles. The Balaban J connectivity index is 1.48. The van der Waals surface area contributed by atoms with Gasteiger partial charge in [0, 0.05) is 60.2 Å². The second-order valence-corrected chi connectivity index (χ2v) is 9.18. The van der Waals surface area contributed by atoms with Gasteiger partial charge in [-0.3, -0.25) is 24.2 Å². The smallest absolute Gasteiger partial charge is 0.232 e. The number of hydrogen-bond acceptors (Lipinski definition) is 6. The number of carbonyl (C=O) groups excluding carboxylic acids is 2. The van der Waals surface area contributed by atoms with Crippen LogP contribution < -0.4 is 4.74 Å². The van der Waals surface area contributed by atoms with E-state index in [-0.39, 0.29) is 37.3 Å². The maximum Gasteiger partial charge on any atom is 0.232 e. The van der Waals surface area contributed by atoms with Crippen molar-refractivity contribution in [3.05, 3.63) is 70.8 Å². The van der Waals surface area contributed by atoms with Crippen LogP contribution >= 0.6 is 11.6 Å². The first-order chi connectivity index (χ1) is 16.8. The van der Waals surface area contributed by atoms with Gasteiger partial charge in [0.2, 0.25) is 11.8 Å². The van der Waals surface area contributed by atoms with Gasteiger partial charge in [0.05, 0.1) is 17.3 Å². The molecule has 0 saturated carbocycles. The number of aromatic nitrogens is 4. The first kappa shape index (κ1) is 23.0. The molecule has 0 aliphatic carbocycles. The Kier molecular flexibility index (Phi) is 5.98. The van der Waals surface area contributed by atoms with E-state index in [0.717, 1.165) is 27.9 Å². The minimum atomic E-state index is -0.312. The predicted octanol–water partition coefficient (Wildman–Crippen LogP) is 4.47. The molecule has 1 fully saturated rings. The van der Waals surface area contributed by atoms with E-state index >= 15 is 0 Å². The summed E-state index contributed by atoms with van der Waals surface area (Å²) >= 11 is 6.48. The molecule has 0 radical (unpaired) electrons. The zero-order valence-electron chi connectivity index (χ0n) is 19.7. The molecule has 1 saturated heterocycles. The third-order valence-electron chi connectivity index (χ3n) is 6.29. The minimum absolute atomic E-state index is 0.117. The summed E-state index contributed by atoms with van der Waals surface area (Å²) in [7, 11) is 1.90. The van der Waals surface area contributed by atoms with Crippen molar-refractivity contribution < 1.29 is 14.3 Å². The largest absolute Gasteiger partial charge is 0.487 e. The monoisotopic (exact) mass is 489 g/mol. The lowest BCUT2D eigenvalue weighted by Gasteiger charge is -2.18. The highest BCUT2D eigenvalue weighted by Crippen LogP contribution is 2.34. The van der Waals surface area contributed by atoms with Gasteiger partial charge in [-0.1, -0.05) is 30.7 Å². The SMILES string of the molecule is Cc1cc(-c2ccnn2C)c2cccc(OCc3c(Cl)cncc3CN3C(=O)CC(C)C3=O)c2n1. The van der Waals surface area contributed by atoms with Crippen LogP contribution in [0.4, 0.5) is 0 Å². The van der Waals surface area contributed by atoms with E-state index in [0.29, 0.717) is 21.9 Å². The molecule has 4 aromatic rings. The number of nitrogens with zero attached hydrogens (tertiary/aromatic N) is 5. The average Bonchev–Trinajstić information content (AvgIpc) is 3.35. The summed E-state index contributed by atoms with van der Waals surface area (Å²) in [5, 5.41) is 5.65. The number of hydrogen-bond donors (Lipinski definition) is 0. The van der Waals surface area contributed by atoms with E-state index in [1.165, 1.54) is 11.1 Å². The first-order valence-corrected chi connectivity index (χ1v) is 11.7. The Bertz CT molecular complexity index is 1460. The van der Waals surface area contributed by atoms with Crippen molar-refractivity contribution in [2.45, 2.75) is 33.4 Å². The van der Waals surface area contributed by atoms with Crippen LogP contribution in [-0.2, 0) is 29.8 Å². The molecule has 178 valence electrons. The number of fused-ring (bicyclic) bond motifs is 1. The van der Waals surface area contributed by atoms with Crippen molar-refractivity contribution in [2.24, 2.45) is 13.0 Å². The van der Waals surface area contributed by atoms with Gasteiger partial charge in [-0.05, 0) is 30.7 Å². The van der Waals surface area contributed by atoms with Crippen molar-refractivity contribution in [3.63, 3.8) is 0 Å². The molecule has 8 nitrogen and oxygen atoms in total. The van der Waals surface area contributed by atoms with Gasteiger partial charge in [-0.2, -0.15) is 5.10 Å². The number of imide groups is 1. The number of likely N-dealkylation sites (tertiary alicyclic amines) is 1. The van der Waals surface area contributed by atoms with Crippen LogP contribution in [0.5, 0.6) is 5.75 Å². The molecule has 35 heavy (non-hydrogen) atoms. The summed E-state index contributed by atoms with van der Waals surface area (Å²) in [6.45, 7) is 3.96. The topological polar surface area (TPSA) is 90.2 Å². The van der Waals surface area contributed by atoms with E-state index < -0.39 is 0 Å². The van der Waals surface area contributed by atoms with Crippen LogP contribution in [0.25, 0.3) is 22.2 Å². The second-order valence-electron chi connectivity index (χ2n) is 8.77. The molecule has 1 atom stereocenters. The lowest BCUT2D eigenvalue weighted by atomic mass is 10.0. The third kappa shape index (κ3) is 4.25. The molecule has 9 heteroatoms. The molecule has 0 spiro atoms. The minimum Gasteiger partial charge on any atom is -0.487 e. The number of para-hydroxylation sites is 1. The highest BCUT2D eigenvalue weighted by atomic mass is 35.5. The van der Waals surface area contributed by atoms with Gasteiger partial charge >= 0.3 is 0 Å². The molecular formula is C26H24ClN5O3. The average molecular weight is 490 g/mol. The highest BCUT2D eigenvalue weighted by Gasteiger charge is 2.35. The van der Waals surface area contributed by atoms with E-state index in [2.05, 4.69) is 10.1 Å². The maximum atomic E-state index is 12.4. The Hall–Kier alpha value is -3.78. The number of pyridine rings is 2. The fourth-order valence-corrected chi connectivity index (χ4v) is 4.68. The lowest BCUT2D eigenvalue weighted by Crippen LogP contribution is -2.30. The fourth-order valence-electron chi connectivity index (χ4n) is 4.45. The summed E-state index contributed by atoms with van der Waals surface area (Å²) in [6.07, 6.45) is 5.14. The molecule has 4 heterocycles. The highest BCUT2D eigenvalue weighted by molar-refractivity contribution is 6.31. The normalized spacial score (nSPS) is 15.9. The molecule has 3 aromatic heterocycles. The molecule has 5 rings (SSSR count). The number of amides is 2. The number of benzene rings is 1. The Morgan fingerprint density at radius 1 is 1.20 bits per heavy atom. The fraction of sp³-hybridized carbons (Fsp3) is 0.269. The number of aryl methyl sites for hydroxylation is 2. The van der Waals surface area contributed by atoms with E-state index in [1.54, 1.807) is 19.3 Å². The van der Waals surface area contributed by atoms with Gasteiger partial charge < -0.3 is 4.74 Å². The summed E-state index contributed by atoms with van der Waals surface area (Å²) < 4.78 is 8.06. The summed E-state index contributed by atoms with van der Waals surface area (Å²) in [5.74, 6) is -0.0765. The predicted molar refractivity (Wildman–Crippen MR) is 132 cm³/mol. The van der Waals surface area contributed by atoms with Gasteiger partial charge in [-0.15, -0.1) is 0 Å². The van der Waals surface area contributed by atoms with Gasteiger partial charge in [0.15, 0.2) is 0 Å². The van der Waals surface area contributed by atoms with Gasteiger partial charge in [0.1, 0.15) is 17.9 Å². The Labute approximate surface area is 207 Å². The molecule has 1 unspecified atom stereocenters. The molecule has 1 aliphatic rings. The summed E-state index contributed by atoms with van der Waals surface area (Å²) in [6, 6.07) is 9.80. The Morgan fingerprint density at radius 2 is 2.03 bits per heavy atom. The van der Waals surface area contributed by atoms with Crippen molar-refractivity contribution in [2.75, 3.05) is 0 Å². The lowest BCUT2D eigenvalue weighted by molar-refractivity contribution is -0.139. The van der Waals surface area contributed by atoms with Crippen LogP contribution in [0.3, 0.4) is 0 Å². The number of rotatable bonds is 6. The van der Waals surface area contributed by atoms with Crippen LogP contribution in [0.1, 0.15) is 30.2 Å². The summed E-state index contributed by atoms with van der Waals surface area (Å²) in [4.78, 5) is 34.9. The third-order valence-corrected chi connectivity index (χ3v) is 6.62. The number of carbonyl (C=O) groups is 2. The van der Waals surface area contributed by atoms with Crippen molar-refractivity contribution in [1.29, 1.82) is 0 Å². The maximum absolute atomic E-state index is 12.4. The van der Waals surface area contributed by atoms with Crippen molar-refractivity contribution in [3.8, 4) is 17.0 Å². The van der Waals surface area contributed by atoms with Gasteiger partial charge in [-0.25, -0.2) is 4.98 Å². The molecule has 2 amide bonds. The zero-order chi connectivity index (χ0) is 24.7. The number of halogens is 1. The van der Waals surface area contributed by atoms with Crippen molar-refractivity contribution in [1.82, 2.24) is 24.6 Å². The van der Waals surface area contributed by atoms with Crippen LogP contribution in [0, 0.1) is 12.8 Å². The molecule has 0 N–H and O–H groups in total. The van der Waals surface area contributed by atoms with Gasteiger partial charge in [0.25, 0.3) is 0 Å². The van der Waals surface area contributed by atoms with Crippen LogP contribution in [-0.4, -0.2) is 36.5 Å². The zero-order valence-corrected chi connectivity index (χ0v) is 20.4. The number of ether oxygens (including phenoxy) is 1. The van der Waals surface area contributed by atoms with E-state index in [1.807, 2.05) is 49.0 Å². The van der Waals surface area contributed by atoms with E-state index in [4.69, 9.17) is 21.3 Å².